The van der Waals surface area contributed by atoms with Gasteiger partial charge in [0.05, 0.1) is 7.11 Å². The molecule has 13 heavy (non-hydrogen) atoms. The van der Waals surface area contributed by atoms with Gasteiger partial charge in [-0.15, -0.1) is 0 Å². The molecule has 0 aliphatic carbocycles. The van der Waals surface area contributed by atoms with Crippen LogP contribution in [0.15, 0.2) is 53.7 Å². The molecule has 0 aromatic carbocycles. The Morgan fingerprint density at radius 2 is 2.23 bits per heavy atom. The molecule has 0 saturated heterocycles. The summed E-state index contributed by atoms with van der Waals surface area (Å²) in [6.45, 7) is 3.83. The maximum atomic E-state index is 5.06. The minimum Gasteiger partial charge on any atom is -0.481 e. The van der Waals surface area contributed by atoms with Crippen LogP contribution in [0.2, 0.25) is 0 Å². The van der Waals surface area contributed by atoms with E-state index in [0.717, 1.165) is 12.0 Å². The van der Waals surface area contributed by atoms with E-state index in [1.165, 1.54) is 0 Å². The summed E-state index contributed by atoms with van der Waals surface area (Å²) in [4.78, 5) is 4.11. The Balaban J connectivity index is 2.86. The van der Waals surface area contributed by atoms with Gasteiger partial charge in [-0.2, -0.15) is 0 Å². The second-order valence-electron chi connectivity index (χ2n) is 2.57. The number of aliphatic imine (C=N–C) groups is 1. The molecule has 0 radical (unpaired) electrons. The highest BCUT2D eigenvalue weighted by Crippen LogP contribution is 2.02. The van der Waals surface area contributed by atoms with E-state index in [4.69, 9.17) is 4.74 Å². The topological polar surface area (TPSA) is 21.6 Å². The summed E-state index contributed by atoms with van der Waals surface area (Å²) < 4.78 is 5.06. The Hall–Kier alpha value is -1.57. The van der Waals surface area contributed by atoms with E-state index in [0.29, 0.717) is 5.90 Å². The fourth-order valence-electron chi connectivity index (χ4n) is 0.927. The van der Waals surface area contributed by atoms with E-state index < -0.39 is 0 Å². The number of ether oxygens (including phenoxy) is 1. The van der Waals surface area contributed by atoms with Gasteiger partial charge < -0.3 is 4.74 Å². The van der Waals surface area contributed by atoms with E-state index in [1.807, 2.05) is 30.4 Å². The quantitative estimate of drug-likeness (QED) is 0.554. The molecule has 0 amide bonds. The molecule has 0 atom stereocenters. The number of rotatable bonds is 0. The van der Waals surface area contributed by atoms with E-state index >= 15 is 0 Å². The first-order chi connectivity index (χ1) is 6.34. The summed E-state index contributed by atoms with van der Waals surface area (Å²) in [6.07, 6.45) is 12.4. The average molecular weight is 175 g/mol. The third kappa shape index (κ3) is 3.11. The third-order valence-electron chi connectivity index (χ3n) is 1.58. The Morgan fingerprint density at radius 3 is 3.00 bits per heavy atom. The molecule has 0 unspecified atom stereocenters. The van der Waals surface area contributed by atoms with Crippen molar-refractivity contribution in [3.8, 4) is 0 Å². The molecule has 1 rings (SSSR count). The average Bonchev–Trinajstić information content (AvgIpc) is 2.16. The summed E-state index contributed by atoms with van der Waals surface area (Å²) in [5.41, 5.74) is 0.777. The van der Waals surface area contributed by atoms with E-state index in [2.05, 4.69) is 11.6 Å². The summed E-state index contributed by atoms with van der Waals surface area (Å²) in [5, 5.41) is 0. The van der Waals surface area contributed by atoms with Crippen molar-refractivity contribution in [3.63, 3.8) is 0 Å². The lowest BCUT2D eigenvalue weighted by Gasteiger charge is -2.02. The summed E-state index contributed by atoms with van der Waals surface area (Å²) >= 11 is 0. The van der Waals surface area contributed by atoms with Gasteiger partial charge in [-0.25, -0.2) is 4.99 Å². The predicted molar refractivity (Wildman–Crippen MR) is 55.6 cm³/mol. The first kappa shape index (κ1) is 9.52. The summed E-state index contributed by atoms with van der Waals surface area (Å²) in [6, 6.07) is 0. The highest BCUT2D eigenvalue weighted by molar-refractivity contribution is 5.95. The smallest absolute Gasteiger partial charge is 0.219 e. The van der Waals surface area contributed by atoms with E-state index in [9.17, 15) is 0 Å². The van der Waals surface area contributed by atoms with Crippen LogP contribution in [0, 0.1) is 0 Å². The van der Waals surface area contributed by atoms with Crippen LogP contribution in [-0.2, 0) is 4.74 Å². The van der Waals surface area contributed by atoms with Gasteiger partial charge in [0.25, 0.3) is 0 Å². The number of methoxy groups -OCH3 is 1. The van der Waals surface area contributed by atoms with Gasteiger partial charge in [0.1, 0.15) is 0 Å². The zero-order valence-electron chi connectivity index (χ0n) is 7.73. The Kier molecular flexibility index (Phi) is 3.76. The second kappa shape index (κ2) is 5.14. The molecule has 0 spiro atoms. The van der Waals surface area contributed by atoms with Crippen molar-refractivity contribution in [2.24, 2.45) is 4.99 Å². The van der Waals surface area contributed by atoms with Gasteiger partial charge in [-0.3, -0.25) is 0 Å². The van der Waals surface area contributed by atoms with Crippen LogP contribution in [0.5, 0.6) is 0 Å². The Bertz CT molecular complexity index is 295. The highest BCUT2D eigenvalue weighted by atomic mass is 16.5. The monoisotopic (exact) mass is 175 g/mol. The van der Waals surface area contributed by atoms with Gasteiger partial charge in [0.15, 0.2) is 0 Å². The SMILES string of the molecule is C=C1/C=C\C=C/C/C=C\N=C1OC. The molecule has 0 bridgehead atoms. The molecule has 68 valence electrons. The molecule has 0 fully saturated rings. The van der Waals surface area contributed by atoms with Gasteiger partial charge in [0, 0.05) is 11.8 Å². The zero-order valence-corrected chi connectivity index (χ0v) is 7.73. The van der Waals surface area contributed by atoms with Crippen LogP contribution in [0.3, 0.4) is 0 Å². The van der Waals surface area contributed by atoms with Crippen molar-refractivity contribution in [1.82, 2.24) is 0 Å². The van der Waals surface area contributed by atoms with Gasteiger partial charge >= 0.3 is 0 Å². The Labute approximate surface area is 78.6 Å². The molecule has 0 N–H and O–H groups in total. The largest absolute Gasteiger partial charge is 0.481 e. The maximum Gasteiger partial charge on any atom is 0.219 e. The molecule has 1 aliphatic rings. The summed E-state index contributed by atoms with van der Waals surface area (Å²) in [5.74, 6) is 0.558. The van der Waals surface area contributed by atoms with E-state index in [-0.39, 0.29) is 0 Å². The molecule has 2 nitrogen and oxygen atoms in total. The van der Waals surface area contributed by atoms with Crippen LogP contribution in [0.1, 0.15) is 6.42 Å². The third-order valence-corrected chi connectivity index (χ3v) is 1.58. The second-order valence-corrected chi connectivity index (χ2v) is 2.57. The fourth-order valence-corrected chi connectivity index (χ4v) is 0.927. The standard InChI is InChI=1S/C11H13NO/c1-10-8-6-4-3-5-7-9-12-11(10)13-2/h3-4,6-9H,1,5H2,2H3/b4-3-,8-6-,9-7-,12-11?. The maximum absolute atomic E-state index is 5.06. The van der Waals surface area contributed by atoms with Crippen molar-refractivity contribution in [2.75, 3.05) is 7.11 Å². The van der Waals surface area contributed by atoms with Crippen molar-refractivity contribution >= 4 is 5.90 Å². The number of hydrogen-bond acceptors (Lipinski definition) is 2. The van der Waals surface area contributed by atoms with Crippen molar-refractivity contribution in [3.05, 3.63) is 48.7 Å². The van der Waals surface area contributed by atoms with Crippen molar-refractivity contribution in [1.29, 1.82) is 0 Å². The van der Waals surface area contributed by atoms with Gasteiger partial charge in [-0.05, 0) is 6.42 Å². The molecule has 1 aliphatic heterocycles. The molecule has 0 aromatic heterocycles. The molecular weight excluding hydrogens is 162 g/mol. The van der Waals surface area contributed by atoms with Crippen molar-refractivity contribution in [2.45, 2.75) is 6.42 Å². The molecule has 1 heterocycles. The lowest BCUT2D eigenvalue weighted by molar-refractivity contribution is 0.405. The van der Waals surface area contributed by atoms with Gasteiger partial charge in [-0.1, -0.05) is 37.0 Å². The number of allylic oxidation sites excluding steroid dienone is 4. The van der Waals surface area contributed by atoms with Crippen LogP contribution in [0.25, 0.3) is 0 Å². The first-order valence-electron chi connectivity index (χ1n) is 4.14. The fraction of sp³-hybridized carbons (Fsp3) is 0.182. The minimum absolute atomic E-state index is 0.558. The predicted octanol–water partition coefficient (Wildman–Crippen LogP) is 2.62. The Morgan fingerprint density at radius 1 is 1.38 bits per heavy atom. The highest BCUT2D eigenvalue weighted by Gasteiger charge is 1.98. The minimum atomic E-state index is 0.558. The molecule has 2 heteroatoms. The lowest BCUT2D eigenvalue weighted by atomic mass is 10.2. The first-order valence-corrected chi connectivity index (χ1v) is 4.14. The van der Waals surface area contributed by atoms with Crippen LogP contribution >= 0.6 is 0 Å². The lowest BCUT2D eigenvalue weighted by Crippen LogP contribution is -2.01. The van der Waals surface area contributed by atoms with Crippen LogP contribution in [-0.4, -0.2) is 13.0 Å². The number of hydrogen-bond donors (Lipinski definition) is 0. The van der Waals surface area contributed by atoms with Gasteiger partial charge in [0.2, 0.25) is 5.90 Å². The number of nitrogens with zero attached hydrogens (tertiary/aromatic N) is 1. The summed E-state index contributed by atoms with van der Waals surface area (Å²) in [7, 11) is 1.59. The van der Waals surface area contributed by atoms with Crippen molar-refractivity contribution < 1.29 is 4.74 Å². The molecule has 0 aromatic rings. The van der Waals surface area contributed by atoms with Crippen LogP contribution in [0.4, 0.5) is 0 Å². The normalized spacial score (nSPS) is 24.4. The van der Waals surface area contributed by atoms with Crippen LogP contribution < -0.4 is 0 Å². The van der Waals surface area contributed by atoms with E-state index in [1.54, 1.807) is 13.3 Å². The molecular formula is C11H13NO. The zero-order chi connectivity index (χ0) is 9.52. The molecule has 0 saturated carbocycles.